The summed E-state index contributed by atoms with van der Waals surface area (Å²) in [6.07, 6.45) is 3.98. The number of benzene rings is 1. The molecule has 138 valence electrons. The fourth-order valence-corrected chi connectivity index (χ4v) is 3.06. The van der Waals surface area contributed by atoms with E-state index in [0.717, 1.165) is 23.1 Å². The summed E-state index contributed by atoms with van der Waals surface area (Å²) in [5.41, 5.74) is 4.15. The predicted molar refractivity (Wildman–Crippen MR) is 101 cm³/mol. The van der Waals surface area contributed by atoms with Crippen molar-refractivity contribution in [1.29, 1.82) is 0 Å². The van der Waals surface area contributed by atoms with E-state index in [4.69, 9.17) is 9.47 Å². The molecule has 0 N–H and O–H groups in total. The first-order valence-electron chi connectivity index (χ1n) is 8.92. The molecule has 0 aliphatic carbocycles. The average Bonchev–Trinajstić information content (AvgIpc) is 2.61. The molecule has 2 heterocycles. The Hall–Kier alpha value is -2.40. The van der Waals surface area contributed by atoms with Crippen molar-refractivity contribution in [3.05, 3.63) is 53.9 Å². The van der Waals surface area contributed by atoms with Crippen molar-refractivity contribution in [2.24, 2.45) is 0 Å². The first-order valence-corrected chi connectivity index (χ1v) is 8.92. The number of rotatable bonds is 3. The molecular formula is C21H26N2O3. The number of hydrogen-bond acceptors (Lipinski definition) is 4. The van der Waals surface area contributed by atoms with Crippen LogP contribution in [0.3, 0.4) is 0 Å². The average molecular weight is 354 g/mol. The molecule has 0 unspecified atom stereocenters. The van der Waals surface area contributed by atoms with Gasteiger partial charge in [-0.15, -0.1) is 0 Å². The largest absolute Gasteiger partial charge is 0.444 e. The van der Waals surface area contributed by atoms with Crippen LogP contribution in [0.15, 0.2) is 42.7 Å². The summed E-state index contributed by atoms with van der Waals surface area (Å²) < 4.78 is 11.4. The number of likely N-dealkylation sites (N-methyl/N-ethyl adjacent to an activating group) is 1. The Balaban J connectivity index is 1.80. The summed E-state index contributed by atoms with van der Waals surface area (Å²) in [5.74, 6) is 0. The number of aromatic nitrogens is 1. The third-order valence-electron chi connectivity index (χ3n) is 4.34. The Morgan fingerprint density at radius 3 is 2.65 bits per heavy atom. The monoisotopic (exact) mass is 354 g/mol. The van der Waals surface area contributed by atoms with E-state index in [9.17, 15) is 4.79 Å². The van der Waals surface area contributed by atoms with Crippen LogP contribution < -0.4 is 0 Å². The molecule has 0 saturated carbocycles. The fraction of sp³-hybridized carbons (Fsp3) is 0.429. The topological polar surface area (TPSA) is 51.7 Å². The molecule has 5 heteroatoms. The van der Waals surface area contributed by atoms with E-state index >= 15 is 0 Å². The SMILES string of the molecule is CN(C[C@@H]1OCCc2ccc(-c3ccncc3)cc21)C(=O)OC(C)(C)C. The van der Waals surface area contributed by atoms with E-state index in [-0.39, 0.29) is 12.2 Å². The van der Waals surface area contributed by atoms with E-state index < -0.39 is 5.60 Å². The minimum absolute atomic E-state index is 0.155. The second-order valence-corrected chi connectivity index (χ2v) is 7.62. The van der Waals surface area contributed by atoms with Crippen LogP contribution in [0.25, 0.3) is 11.1 Å². The third kappa shape index (κ3) is 4.41. The highest BCUT2D eigenvalue weighted by Crippen LogP contribution is 2.32. The van der Waals surface area contributed by atoms with Crippen LogP contribution in [-0.4, -0.2) is 41.8 Å². The zero-order valence-electron chi connectivity index (χ0n) is 15.9. The number of nitrogens with zero attached hydrogens (tertiary/aromatic N) is 2. The molecule has 1 aromatic carbocycles. The van der Waals surface area contributed by atoms with E-state index in [1.54, 1.807) is 24.3 Å². The molecule has 0 saturated heterocycles. The first kappa shape index (κ1) is 18.4. The van der Waals surface area contributed by atoms with Gasteiger partial charge in [-0.3, -0.25) is 4.98 Å². The lowest BCUT2D eigenvalue weighted by molar-refractivity contribution is -0.00162. The Morgan fingerprint density at radius 2 is 1.96 bits per heavy atom. The quantitative estimate of drug-likeness (QED) is 0.828. The molecule has 26 heavy (non-hydrogen) atoms. The van der Waals surface area contributed by atoms with Gasteiger partial charge in [0, 0.05) is 19.4 Å². The normalized spacial score (nSPS) is 16.7. The Bertz CT molecular complexity index is 769. The fourth-order valence-electron chi connectivity index (χ4n) is 3.06. The van der Waals surface area contributed by atoms with Gasteiger partial charge in [-0.05, 0) is 67.6 Å². The third-order valence-corrected chi connectivity index (χ3v) is 4.34. The van der Waals surface area contributed by atoms with Gasteiger partial charge in [0.05, 0.1) is 13.2 Å². The molecule has 1 aliphatic heterocycles. The van der Waals surface area contributed by atoms with Crippen LogP contribution >= 0.6 is 0 Å². The van der Waals surface area contributed by atoms with Gasteiger partial charge in [-0.2, -0.15) is 0 Å². The minimum atomic E-state index is -0.509. The molecule has 1 aliphatic rings. The van der Waals surface area contributed by atoms with Gasteiger partial charge in [0.1, 0.15) is 11.7 Å². The number of fused-ring (bicyclic) bond motifs is 1. The van der Waals surface area contributed by atoms with Gasteiger partial charge in [-0.25, -0.2) is 4.79 Å². The molecule has 0 bridgehead atoms. The summed E-state index contributed by atoms with van der Waals surface area (Å²) in [6, 6.07) is 10.4. The molecule has 5 nitrogen and oxygen atoms in total. The van der Waals surface area contributed by atoms with Crippen molar-refractivity contribution >= 4 is 6.09 Å². The number of hydrogen-bond donors (Lipinski definition) is 0. The van der Waals surface area contributed by atoms with Crippen LogP contribution in [0.4, 0.5) is 4.79 Å². The molecule has 0 radical (unpaired) electrons. The van der Waals surface area contributed by atoms with E-state index in [1.165, 1.54) is 5.56 Å². The van der Waals surface area contributed by atoms with Gasteiger partial charge in [0.15, 0.2) is 0 Å². The zero-order valence-corrected chi connectivity index (χ0v) is 15.9. The van der Waals surface area contributed by atoms with Crippen LogP contribution in [0.5, 0.6) is 0 Å². The van der Waals surface area contributed by atoms with Crippen LogP contribution in [-0.2, 0) is 15.9 Å². The Kier molecular flexibility index (Phi) is 5.28. The maximum atomic E-state index is 12.3. The highest BCUT2D eigenvalue weighted by molar-refractivity contribution is 5.68. The summed E-state index contributed by atoms with van der Waals surface area (Å²) in [6.45, 7) is 6.72. The highest BCUT2D eigenvalue weighted by Gasteiger charge is 2.26. The smallest absolute Gasteiger partial charge is 0.410 e. The van der Waals surface area contributed by atoms with Crippen molar-refractivity contribution in [3.63, 3.8) is 0 Å². The minimum Gasteiger partial charge on any atom is -0.444 e. The standard InChI is InChI=1S/C21H26N2O3/c1-21(2,3)26-20(24)23(4)14-19-18-13-17(15-7-10-22-11-8-15)6-5-16(18)9-12-25-19/h5-8,10-11,13,19H,9,12,14H2,1-4H3/t19-/m0/s1. The predicted octanol–water partition coefficient (Wildman–Crippen LogP) is 4.23. The lowest BCUT2D eigenvalue weighted by atomic mass is 9.93. The molecule has 0 spiro atoms. The summed E-state index contributed by atoms with van der Waals surface area (Å²) in [7, 11) is 1.75. The molecular weight excluding hydrogens is 328 g/mol. The second kappa shape index (κ2) is 7.46. The summed E-state index contributed by atoms with van der Waals surface area (Å²) >= 11 is 0. The van der Waals surface area contributed by atoms with Gasteiger partial charge in [-0.1, -0.05) is 12.1 Å². The van der Waals surface area contributed by atoms with Gasteiger partial charge < -0.3 is 14.4 Å². The van der Waals surface area contributed by atoms with Crippen molar-refractivity contribution in [2.75, 3.05) is 20.2 Å². The molecule has 1 atom stereocenters. The molecule has 1 aromatic heterocycles. The number of carbonyl (C=O) groups is 1. The maximum Gasteiger partial charge on any atom is 0.410 e. The van der Waals surface area contributed by atoms with E-state index in [2.05, 4.69) is 23.2 Å². The van der Waals surface area contributed by atoms with Gasteiger partial charge in [0.2, 0.25) is 0 Å². The second-order valence-electron chi connectivity index (χ2n) is 7.62. The first-order chi connectivity index (χ1) is 12.3. The number of pyridine rings is 1. The van der Waals surface area contributed by atoms with Gasteiger partial charge >= 0.3 is 6.09 Å². The van der Waals surface area contributed by atoms with Crippen molar-refractivity contribution < 1.29 is 14.3 Å². The van der Waals surface area contributed by atoms with Crippen molar-refractivity contribution in [3.8, 4) is 11.1 Å². The molecule has 1 amide bonds. The summed E-state index contributed by atoms with van der Waals surface area (Å²) in [5, 5.41) is 0. The number of ether oxygens (including phenoxy) is 2. The van der Waals surface area contributed by atoms with Crippen molar-refractivity contribution in [2.45, 2.75) is 38.9 Å². The van der Waals surface area contributed by atoms with Crippen LogP contribution in [0.2, 0.25) is 0 Å². The molecule has 0 fully saturated rings. The molecule has 2 aromatic rings. The lowest BCUT2D eigenvalue weighted by Gasteiger charge is -2.31. The van der Waals surface area contributed by atoms with Gasteiger partial charge in [0.25, 0.3) is 0 Å². The Morgan fingerprint density at radius 1 is 1.23 bits per heavy atom. The van der Waals surface area contributed by atoms with E-state index in [0.29, 0.717) is 13.2 Å². The van der Waals surface area contributed by atoms with Crippen LogP contribution in [0.1, 0.15) is 38.0 Å². The lowest BCUT2D eigenvalue weighted by Crippen LogP contribution is -2.37. The van der Waals surface area contributed by atoms with E-state index in [1.807, 2.05) is 32.9 Å². The zero-order chi connectivity index (χ0) is 18.7. The Labute approximate surface area is 155 Å². The van der Waals surface area contributed by atoms with Crippen LogP contribution in [0, 0.1) is 0 Å². The molecule has 3 rings (SSSR count). The number of carbonyl (C=O) groups excluding carboxylic acids is 1. The number of amides is 1. The summed E-state index contributed by atoms with van der Waals surface area (Å²) in [4.78, 5) is 17.9. The van der Waals surface area contributed by atoms with Crippen molar-refractivity contribution in [1.82, 2.24) is 9.88 Å². The highest BCUT2D eigenvalue weighted by atomic mass is 16.6. The maximum absolute atomic E-state index is 12.3.